The van der Waals surface area contributed by atoms with Crippen molar-refractivity contribution in [1.82, 2.24) is 4.90 Å². The first-order valence-corrected chi connectivity index (χ1v) is 8.99. The molecule has 0 N–H and O–H groups in total. The molecule has 6 heteroatoms. The zero-order valence-electron chi connectivity index (χ0n) is 12.9. The van der Waals surface area contributed by atoms with Crippen LogP contribution in [0.2, 0.25) is 0 Å². The molecule has 0 unspecified atom stereocenters. The summed E-state index contributed by atoms with van der Waals surface area (Å²) in [5.74, 6) is -0.375. The molecule has 1 aliphatic heterocycles. The van der Waals surface area contributed by atoms with Crippen LogP contribution in [0.3, 0.4) is 0 Å². The van der Waals surface area contributed by atoms with Crippen LogP contribution < -0.4 is 0 Å². The van der Waals surface area contributed by atoms with Gasteiger partial charge < -0.3 is 0 Å². The van der Waals surface area contributed by atoms with Gasteiger partial charge in [0.1, 0.15) is 5.82 Å². The molecule has 0 saturated carbocycles. The number of likely N-dealkylation sites (N-methyl/N-ethyl adjacent to an activating group) is 1. The first-order chi connectivity index (χ1) is 11.6. The van der Waals surface area contributed by atoms with Crippen LogP contribution in [0, 0.1) is 5.82 Å². The molecule has 0 spiro atoms. The van der Waals surface area contributed by atoms with Crippen LogP contribution in [0.15, 0.2) is 62.9 Å². The van der Waals surface area contributed by atoms with Gasteiger partial charge in [0.15, 0.2) is 5.17 Å². The minimum Gasteiger partial charge on any atom is -0.287 e. The summed E-state index contributed by atoms with van der Waals surface area (Å²) in [6.07, 6.45) is 1.85. The van der Waals surface area contributed by atoms with Gasteiger partial charge >= 0.3 is 0 Å². The number of thioether (sulfide) groups is 1. The highest BCUT2D eigenvalue weighted by Gasteiger charge is 2.32. The normalized spacial score (nSPS) is 18.0. The van der Waals surface area contributed by atoms with Crippen molar-refractivity contribution >= 4 is 50.5 Å². The van der Waals surface area contributed by atoms with E-state index in [9.17, 15) is 9.18 Å². The van der Waals surface area contributed by atoms with Gasteiger partial charge in [0.05, 0.1) is 10.6 Å². The predicted octanol–water partition coefficient (Wildman–Crippen LogP) is 5.21. The van der Waals surface area contributed by atoms with E-state index in [1.165, 1.54) is 23.9 Å². The second-order valence-corrected chi connectivity index (χ2v) is 7.01. The Morgan fingerprint density at radius 2 is 2.00 bits per heavy atom. The van der Waals surface area contributed by atoms with Gasteiger partial charge in [-0.3, -0.25) is 9.69 Å². The average Bonchev–Trinajstić information content (AvgIpc) is 2.84. The van der Waals surface area contributed by atoms with E-state index in [2.05, 4.69) is 20.9 Å². The average molecular weight is 405 g/mol. The van der Waals surface area contributed by atoms with Gasteiger partial charge in [-0.15, -0.1) is 0 Å². The third-order valence-electron chi connectivity index (χ3n) is 3.40. The van der Waals surface area contributed by atoms with E-state index >= 15 is 0 Å². The van der Waals surface area contributed by atoms with Crippen molar-refractivity contribution in [1.29, 1.82) is 0 Å². The lowest BCUT2D eigenvalue weighted by Crippen LogP contribution is -2.28. The van der Waals surface area contributed by atoms with Crippen LogP contribution in [0.5, 0.6) is 0 Å². The number of carbonyl (C=O) groups is 1. The lowest BCUT2D eigenvalue weighted by Gasteiger charge is -2.11. The summed E-state index contributed by atoms with van der Waals surface area (Å²) in [6, 6.07) is 13.7. The van der Waals surface area contributed by atoms with Crippen molar-refractivity contribution in [2.24, 2.45) is 4.99 Å². The monoisotopic (exact) mass is 404 g/mol. The summed E-state index contributed by atoms with van der Waals surface area (Å²) >= 11 is 4.76. The highest BCUT2D eigenvalue weighted by molar-refractivity contribution is 9.10. The zero-order valence-corrected chi connectivity index (χ0v) is 15.3. The van der Waals surface area contributed by atoms with Gasteiger partial charge in [0.2, 0.25) is 0 Å². The summed E-state index contributed by atoms with van der Waals surface area (Å²) in [5, 5.41) is 0.607. The maximum atomic E-state index is 13.0. The summed E-state index contributed by atoms with van der Waals surface area (Å²) in [7, 11) is 0. The molecule has 1 heterocycles. The van der Waals surface area contributed by atoms with Crippen molar-refractivity contribution in [2.75, 3.05) is 6.54 Å². The number of hydrogen-bond donors (Lipinski definition) is 0. The fourth-order valence-corrected chi connectivity index (χ4v) is 3.72. The molecule has 1 fully saturated rings. The number of amides is 1. The van der Waals surface area contributed by atoms with Gasteiger partial charge in [-0.05, 0) is 66.7 Å². The third kappa shape index (κ3) is 3.76. The van der Waals surface area contributed by atoms with Crippen molar-refractivity contribution in [3.05, 3.63) is 69.3 Å². The number of halogens is 2. The van der Waals surface area contributed by atoms with E-state index in [0.29, 0.717) is 22.3 Å². The Labute approximate surface area is 152 Å². The highest BCUT2D eigenvalue weighted by Crippen LogP contribution is 2.34. The molecule has 0 radical (unpaired) electrons. The summed E-state index contributed by atoms with van der Waals surface area (Å²) < 4.78 is 14.0. The van der Waals surface area contributed by atoms with E-state index in [1.54, 1.807) is 17.0 Å². The first kappa shape index (κ1) is 16.9. The maximum Gasteiger partial charge on any atom is 0.266 e. The van der Waals surface area contributed by atoms with E-state index in [0.717, 1.165) is 10.0 Å². The molecule has 2 aromatic rings. The standard InChI is InChI=1S/C18H14BrFN2OS/c1-2-22-17(23)16(11-12-4-3-5-13(19)10-12)24-18(22)21-15-8-6-14(20)7-9-15/h3-11H,2H2,1H3/b16-11+,21-18?. The molecule has 3 rings (SSSR count). The van der Waals surface area contributed by atoms with Crippen molar-refractivity contribution in [2.45, 2.75) is 6.92 Å². The maximum absolute atomic E-state index is 13.0. The van der Waals surface area contributed by atoms with Gasteiger partial charge in [0, 0.05) is 11.0 Å². The Bertz CT molecular complexity index is 833. The number of nitrogens with zero attached hydrogens (tertiary/aromatic N) is 2. The Morgan fingerprint density at radius 1 is 1.25 bits per heavy atom. The quantitative estimate of drug-likeness (QED) is 0.657. The Balaban J connectivity index is 1.92. The van der Waals surface area contributed by atoms with Gasteiger partial charge in [0.25, 0.3) is 5.91 Å². The topological polar surface area (TPSA) is 32.7 Å². The third-order valence-corrected chi connectivity index (χ3v) is 4.90. The van der Waals surface area contributed by atoms with Gasteiger partial charge in [-0.25, -0.2) is 9.38 Å². The second-order valence-electron chi connectivity index (χ2n) is 5.09. The minimum absolute atomic E-state index is 0.0664. The molecular formula is C18H14BrFN2OS. The molecule has 122 valence electrons. The van der Waals surface area contributed by atoms with Crippen LogP contribution in [0.1, 0.15) is 12.5 Å². The Morgan fingerprint density at radius 3 is 2.67 bits per heavy atom. The largest absolute Gasteiger partial charge is 0.287 e. The number of rotatable bonds is 3. The molecule has 1 amide bonds. The minimum atomic E-state index is -0.309. The highest BCUT2D eigenvalue weighted by atomic mass is 79.9. The molecule has 0 aromatic heterocycles. The van der Waals surface area contributed by atoms with Gasteiger partial charge in [-0.2, -0.15) is 0 Å². The molecule has 0 bridgehead atoms. The summed E-state index contributed by atoms with van der Waals surface area (Å²) in [5.41, 5.74) is 1.56. The molecular weight excluding hydrogens is 391 g/mol. The number of hydrogen-bond acceptors (Lipinski definition) is 3. The predicted molar refractivity (Wildman–Crippen MR) is 101 cm³/mol. The zero-order chi connectivity index (χ0) is 17.1. The Hall–Kier alpha value is -1.92. The van der Waals surface area contributed by atoms with E-state index in [-0.39, 0.29) is 11.7 Å². The van der Waals surface area contributed by atoms with Crippen LogP contribution in [-0.4, -0.2) is 22.5 Å². The molecule has 2 aromatic carbocycles. The van der Waals surface area contributed by atoms with Crippen LogP contribution in [0.25, 0.3) is 6.08 Å². The van der Waals surface area contributed by atoms with E-state index in [1.807, 2.05) is 37.3 Å². The molecule has 1 saturated heterocycles. The van der Waals surface area contributed by atoms with Gasteiger partial charge in [-0.1, -0.05) is 28.1 Å². The summed E-state index contributed by atoms with van der Waals surface area (Å²) in [4.78, 5) is 19.3. The van der Waals surface area contributed by atoms with Crippen molar-refractivity contribution in [3.8, 4) is 0 Å². The molecule has 0 atom stereocenters. The van der Waals surface area contributed by atoms with E-state index < -0.39 is 0 Å². The fraction of sp³-hybridized carbons (Fsp3) is 0.111. The molecule has 3 nitrogen and oxygen atoms in total. The number of amidine groups is 1. The van der Waals surface area contributed by atoms with Crippen LogP contribution in [-0.2, 0) is 4.79 Å². The lowest BCUT2D eigenvalue weighted by atomic mass is 10.2. The smallest absolute Gasteiger partial charge is 0.266 e. The molecule has 1 aliphatic rings. The molecule has 0 aliphatic carbocycles. The number of benzene rings is 2. The van der Waals surface area contributed by atoms with Crippen LogP contribution >= 0.6 is 27.7 Å². The van der Waals surface area contributed by atoms with Crippen LogP contribution in [0.4, 0.5) is 10.1 Å². The molecule has 24 heavy (non-hydrogen) atoms. The van der Waals surface area contributed by atoms with Crippen molar-refractivity contribution < 1.29 is 9.18 Å². The van der Waals surface area contributed by atoms with Crippen molar-refractivity contribution in [3.63, 3.8) is 0 Å². The van der Waals surface area contributed by atoms with E-state index in [4.69, 9.17) is 0 Å². The number of aliphatic imine (C=N–C) groups is 1. The second kappa shape index (κ2) is 7.32. The number of carbonyl (C=O) groups excluding carboxylic acids is 1. The summed E-state index contributed by atoms with van der Waals surface area (Å²) in [6.45, 7) is 2.43. The Kier molecular flexibility index (Phi) is 5.16. The fourth-order valence-electron chi connectivity index (χ4n) is 2.24. The SMILES string of the molecule is CCN1C(=O)/C(=C\c2cccc(Br)c2)SC1=Nc1ccc(F)cc1. The lowest BCUT2D eigenvalue weighted by molar-refractivity contribution is -0.122. The first-order valence-electron chi connectivity index (χ1n) is 7.38.